The van der Waals surface area contributed by atoms with E-state index < -0.39 is 21.8 Å². The zero-order chi connectivity index (χ0) is 21.7. The lowest BCUT2D eigenvalue weighted by atomic mass is 10.2. The molecule has 3 rings (SSSR count). The lowest BCUT2D eigenvalue weighted by Gasteiger charge is -2.19. The number of primary amides is 1. The second-order valence-electron chi connectivity index (χ2n) is 7.15. The first-order chi connectivity index (χ1) is 14.3. The number of aryl methyl sites for hydroxylation is 1. The van der Waals surface area contributed by atoms with E-state index in [2.05, 4.69) is 15.5 Å². The Balaban J connectivity index is 1.68. The van der Waals surface area contributed by atoms with E-state index in [-0.39, 0.29) is 16.3 Å². The summed E-state index contributed by atoms with van der Waals surface area (Å²) in [6, 6.07) is 6.38. The Bertz CT molecular complexity index is 1050. The molecule has 1 fully saturated rings. The third kappa shape index (κ3) is 4.95. The van der Waals surface area contributed by atoms with Crippen LogP contribution in [0.1, 0.15) is 47.4 Å². The normalized spacial score (nSPS) is 15.8. The van der Waals surface area contributed by atoms with Crippen LogP contribution >= 0.6 is 0 Å². The highest BCUT2D eigenvalue weighted by Gasteiger charge is 2.24. The molecule has 2 amide bonds. The van der Waals surface area contributed by atoms with Crippen molar-refractivity contribution in [2.45, 2.75) is 37.5 Å². The molecule has 2 aromatic rings. The van der Waals surface area contributed by atoms with Gasteiger partial charge in [-0.15, -0.1) is 0 Å². The van der Waals surface area contributed by atoms with Gasteiger partial charge in [-0.2, -0.15) is 9.40 Å². The average molecular weight is 432 g/mol. The first-order valence-corrected chi connectivity index (χ1v) is 11.2. The number of hydrogen-bond acceptors (Lipinski definition) is 5. The monoisotopic (exact) mass is 431 g/mol. The van der Waals surface area contributed by atoms with E-state index in [9.17, 15) is 18.0 Å². The fourth-order valence-electron chi connectivity index (χ4n) is 3.28. The number of nitrogens with one attached hydrogen (secondary N) is 2. The number of carbonyl (C=O) groups is 2. The van der Waals surface area contributed by atoms with Crippen LogP contribution in [0.5, 0.6) is 0 Å². The number of aromatic amines is 1. The van der Waals surface area contributed by atoms with Gasteiger partial charge in [0.25, 0.3) is 5.91 Å². The molecule has 1 aromatic heterocycles. The van der Waals surface area contributed by atoms with Gasteiger partial charge >= 0.3 is 0 Å². The molecule has 1 saturated heterocycles. The maximum Gasteiger partial charge on any atom is 0.271 e. The highest BCUT2D eigenvalue weighted by atomic mass is 32.2. The predicted molar refractivity (Wildman–Crippen MR) is 113 cm³/mol. The minimum atomic E-state index is -3.51. The number of H-pyrrole nitrogens is 1. The Labute approximate surface area is 175 Å². The van der Waals surface area contributed by atoms with Gasteiger partial charge in [0.1, 0.15) is 0 Å². The largest absolute Gasteiger partial charge is 0.364 e. The van der Waals surface area contributed by atoms with Crippen molar-refractivity contribution in [3.8, 4) is 0 Å². The summed E-state index contributed by atoms with van der Waals surface area (Å²) < 4.78 is 27.2. The van der Waals surface area contributed by atoms with Gasteiger partial charge in [-0.05, 0) is 43.5 Å². The molecule has 0 atom stereocenters. The van der Waals surface area contributed by atoms with Gasteiger partial charge in [0.05, 0.1) is 16.3 Å². The van der Waals surface area contributed by atoms with E-state index in [1.165, 1.54) is 6.08 Å². The summed E-state index contributed by atoms with van der Waals surface area (Å²) >= 11 is 0. The van der Waals surface area contributed by atoms with Gasteiger partial charge in [0.15, 0.2) is 5.69 Å². The highest BCUT2D eigenvalue weighted by Crippen LogP contribution is 2.21. The standard InChI is InChI=1S/C20H25N5O4S/c1-14-18(19(20(21)27)24-23-14)22-17(26)11-8-15-6-9-16(10-7-15)30(28,29)25-12-4-2-3-5-13-25/h6-11H,2-5,12-13H2,1H3,(H2,21,27)(H,22,26)(H,23,24)/b11-8+. The van der Waals surface area contributed by atoms with Crippen molar-refractivity contribution < 1.29 is 18.0 Å². The molecule has 1 aromatic carbocycles. The number of sulfonamides is 1. The van der Waals surface area contributed by atoms with Gasteiger partial charge in [-0.25, -0.2) is 8.42 Å². The first-order valence-electron chi connectivity index (χ1n) is 9.73. The molecule has 160 valence electrons. The van der Waals surface area contributed by atoms with Crippen molar-refractivity contribution in [3.63, 3.8) is 0 Å². The van der Waals surface area contributed by atoms with Crippen LogP contribution in [0.15, 0.2) is 35.2 Å². The summed E-state index contributed by atoms with van der Waals surface area (Å²) in [6.45, 7) is 2.75. The summed E-state index contributed by atoms with van der Waals surface area (Å²) in [6.07, 6.45) is 6.70. The molecule has 0 aliphatic carbocycles. The molecular weight excluding hydrogens is 406 g/mol. The quantitative estimate of drug-likeness (QED) is 0.601. The maximum absolute atomic E-state index is 12.8. The van der Waals surface area contributed by atoms with Crippen LogP contribution in [0.25, 0.3) is 6.08 Å². The number of hydrogen-bond donors (Lipinski definition) is 3. The van der Waals surface area contributed by atoms with Crippen LogP contribution in [0.4, 0.5) is 5.69 Å². The van der Waals surface area contributed by atoms with Crippen molar-refractivity contribution >= 4 is 33.6 Å². The third-order valence-electron chi connectivity index (χ3n) is 4.94. The lowest BCUT2D eigenvalue weighted by molar-refractivity contribution is -0.111. The van der Waals surface area contributed by atoms with Gasteiger partial charge in [-0.1, -0.05) is 25.0 Å². The van der Waals surface area contributed by atoms with Crippen molar-refractivity contribution in [1.29, 1.82) is 0 Å². The molecule has 0 bridgehead atoms. The van der Waals surface area contributed by atoms with Crippen molar-refractivity contribution in [1.82, 2.24) is 14.5 Å². The number of rotatable bonds is 6. The van der Waals surface area contributed by atoms with Crippen LogP contribution in [0.3, 0.4) is 0 Å². The minimum Gasteiger partial charge on any atom is -0.364 e. The third-order valence-corrected chi connectivity index (χ3v) is 6.85. The molecule has 0 saturated carbocycles. The number of nitrogens with zero attached hydrogens (tertiary/aromatic N) is 2. The Morgan fingerprint density at radius 3 is 2.37 bits per heavy atom. The van der Waals surface area contributed by atoms with E-state index in [4.69, 9.17) is 5.73 Å². The molecule has 30 heavy (non-hydrogen) atoms. The summed E-state index contributed by atoms with van der Waals surface area (Å²) in [5.41, 5.74) is 6.60. The Morgan fingerprint density at radius 2 is 1.77 bits per heavy atom. The summed E-state index contributed by atoms with van der Waals surface area (Å²) in [4.78, 5) is 23.8. The molecule has 2 heterocycles. The summed E-state index contributed by atoms with van der Waals surface area (Å²) in [5.74, 6) is -1.22. The number of carbonyl (C=O) groups excluding carboxylic acids is 2. The molecule has 9 nitrogen and oxygen atoms in total. The summed E-state index contributed by atoms with van der Waals surface area (Å²) in [7, 11) is -3.51. The van der Waals surface area contributed by atoms with Gasteiger partial charge in [0, 0.05) is 19.2 Å². The van der Waals surface area contributed by atoms with E-state index in [1.54, 1.807) is 41.6 Å². The van der Waals surface area contributed by atoms with Gasteiger partial charge < -0.3 is 11.1 Å². The van der Waals surface area contributed by atoms with Crippen LogP contribution in [-0.2, 0) is 14.8 Å². The molecule has 0 unspecified atom stereocenters. The molecular formula is C20H25N5O4S. The van der Waals surface area contributed by atoms with Crippen molar-refractivity contribution in [2.75, 3.05) is 18.4 Å². The smallest absolute Gasteiger partial charge is 0.271 e. The van der Waals surface area contributed by atoms with Crippen LogP contribution in [0, 0.1) is 6.92 Å². The van der Waals surface area contributed by atoms with E-state index >= 15 is 0 Å². The lowest BCUT2D eigenvalue weighted by Crippen LogP contribution is -2.31. The predicted octanol–water partition coefficient (Wildman–Crippen LogP) is 2.03. The van der Waals surface area contributed by atoms with Crippen molar-refractivity contribution in [2.24, 2.45) is 5.73 Å². The molecule has 1 aliphatic rings. The number of anilines is 1. The zero-order valence-corrected chi connectivity index (χ0v) is 17.5. The van der Waals surface area contributed by atoms with Crippen molar-refractivity contribution in [3.05, 3.63) is 47.3 Å². The SMILES string of the molecule is Cc1[nH]nc(C(N)=O)c1NC(=O)/C=C/c1ccc(S(=O)(=O)N2CCCCCC2)cc1. The van der Waals surface area contributed by atoms with E-state index in [0.29, 0.717) is 24.3 Å². The minimum absolute atomic E-state index is 0.0441. The molecule has 10 heteroatoms. The van der Waals surface area contributed by atoms with E-state index in [1.807, 2.05) is 0 Å². The van der Waals surface area contributed by atoms with Gasteiger partial charge in [0.2, 0.25) is 15.9 Å². The van der Waals surface area contributed by atoms with Crippen LogP contribution < -0.4 is 11.1 Å². The summed E-state index contributed by atoms with van der Waals surface area (Å²) in [5, 5.41) is 8.93. The number of benzene rings is 1. The molecule has 0 radical (unpaired) electrons. The second kappa shape index (κ2) is 9.23. The number of amides is 2. The first kappa shape index (κ1) is 21.7. The fourth-order valence-corrected chi connectivity index (χ4v) is 4.80. The second-order valence-corrected chi connectivity index (χ2v) is 9.08. The van der Waals surface area contributed by atoms with Crippen LogP contribution in [0.2, 0.25) is 0 Å². The number of aromatic nitrogens is 2. The zero-order valence-electron chi connectivity index (χ0n) is 16.7. The molecule has 4 N–H and O–H groups in total. The fraction of sp³-hybridized carbons (Fsp3) is 0.350. The Morgan fingerprint density at radius 1 is 1.13 bits per heavy atom. The highest BCUT2D eigenvalue weighted by molar-refractivity contribution is 7.89. The molecule has 1 aliphatic heterocycles. The Kier molecular flexibility index (Phi) is 6.68. The maximum atomic E-state index is 12.8. The van der Waals surface area contributed by atoms with E-state index in [0.717, 1.165) is 25.7 Å². The molecule has 0 spiro atoms. The Hall–Kier alpha value is -2.98. The van der Waals surface area contributed by atoms with Gasteiger partial charge in [-0.3, -0.25) is 14.7 Å². The average Bonchev–Trinajstić information content (AvgIpc) is 2.92. The number of nitrogens with two attached hydrogens (primary N) is 1. The van der Waals surface area contributed by atoms with Crippen LogP contribution in [-0.4, -0.2) is 47.8 Å². The topological polar surface area (TPSA) is 138 Å².